The van der Waals surface area contributed by atoms with Crippen molar-refractivity contribution in [2.45, 2.75) is 57.4 Å². The summed E-state index contributed by atoms with van der Waals surface area (Å²) >= 11 is 0. The number of hydrogen-bond donors (Lipinski definition) is 0. The van der Waals surface area contributed by atoms with Gasteiger partial charge in [-0.1, -0.05) is 12.1 Å². The number of carbonyl (C=O) groups is 1. The molecule has 0 bridgehead atoms. The number of nitrogens with zero attached hydrogens (tertiary/aromatic N) is 3. The van der Waals surface area contributed by atoms with E-state index in [1.54, 1.807) is 0 Å². The van der Waals surface area contributed by atoms with Gasteiger partial charge in [0, 0.05) is 24.7 Å². The molecule has 4 rings (SSSR count). The monoisotopic (exact) mass is 369 g/mol. The highest BCUT2D eigenvalue weighted by Crippen LogP contribution is 2.23. The largest absolute Gasteiger partial charge is 0.334 e. The Balaban J connectivity index is 1.28. The number of carbonyl (C=O) groups excluding carboxylic acids is 1. The zero-order valence-corrected chi connectivity index (χ0v) is 16.7. The number of hydrogen-bond acceptors (Lipinski definition) is 3. The number of likely N-dealkylation sites (tertiary alicyclic amines) is 3. The summed E-state index contributed by atoms with van der Waals surface area (Å²) in [5.74, 6) is 0.236. The molecule has 1 aromatic carbocycles. The van der Waals surface area contributed by atoms with Gasteiger partial charge in [0.05, 0.1) is 0 Å². The summed E-state index contributed by atoms with van der Waals surface area (Å²) in [4.78, 5) is 20.3. The molecule has 0 aromatic heterocycles. The Kier molecular flexibility index (Phi) is 6.46. The van der Waals surface area contributed by atoms with Gasteiger partial charge in [0.15, 0.2) is 0 Å². The van der Waals surface area contributed by atoms with E-state index in [1.807, 2.05) is 0 Å². The Labute approximate surface area is 164 Å². The first-order chi connectivity index (χ1) is 13.3. The van der Waals surface area contributed by atoms with Crippen molar-refractivity contribution in [3.05, 3.63) is 35.4 Å². The SMILES string of the molecule is O=C(c1ccc(CCCN2CCCC2)cc1)N1CCCC1CN1CCCC1. The van der Waals surface area contributed by atoms with E-state index in [9.17, 15) is 4.79 Å². The molecule has 0 radical (unpaired) electrons. The third kappa shape index (κ3) is 4.91. The number of benzene rings is 1. The van der Waals surface area contributed by atoms with Gasteiger partial charge in [-0.25, -0.2) is 0 Å². The predicted molar refractivity (Wildman–Crippen MR) is 110 cm³/mol. The Morgan fingerprint density at radius 1 is 0.852 bits per heavy atom. The van der Waals surface area contributed by atoms with Gasteiger partial charge in [0.25, 0.3) is 5.91 Å². The maximum absolute atomic E-state index is 13.0. The van der Waals surface area contributed by atoms with Gasteiger partial charge >= 0.3 is 0 Å². The predicted octanol–water partition coefficient (Wildman–Crippen LogP) is 3.42. The first kappa shape index (κ1) is 18.9. The lowest BCUT2D eigenvalue weighted by Crippen LogP contribution is -2.42. The van der Waals surface area contributed by atoms with Crippen LogP contribution in [0, 0.1) is 0 Å². The molecule has 1 amide bonds. The van der Waals surface area contributed by atoms with E-state index in [0.717, 1.165) is 37.9 Å². The minimum Gasteiger partial charge on any atom is -0.334 e. The Bertz CT molecular complexity index is 603. The maximum Gasteiger partial charge on any atom is 0.254 e. The molecule has 3 aliphatic rings. The van der Waals surface area contributed by atoms with Crippen molar-refractivity contribution >= 4 is 5.91 Å². The van der Waals surface area contributed by atoms with E-state index in [1.165, 1.54) is 70.4 Å². The molecule has 0 N–H and O–H groups in total. The van der Waals surface area contributed by atoms with Crippen LogP contribution in [0.4, 0.5) is 0 Å². The summed E-state index contributed by atoms with van der Waals surface area (Å²) < 4.78 is 0. The molecular weight excluding hydrogens is 334 g/mol. The molecule has 3 fully saturated rings. The normalized spacial score (nSPS) is 24.1. The molecule has 4 heteroatoms. The molecular formula is C23H35N3O. The molecule has 1 atom stereocenters. The van der Waals surface area contributed by atoms with Crippen molar-refractivity contribution in [1.82, 2.24) is 14.7 Å². The van der Waals surface area contributed by atoms with Gasteiger partial charge < -0.3 is 14.7 Å². The van der Waals surface area contributed by atoms with Crippen LogP contribution in [0.3, 0.4) is 0 Å². The summed E-state index contributed by atoms with van der Waals surface area (Å²) in [6.45, 7) is 8.20. The molecule has 27 heavy (non-hydrogen) atoms. The molecule has 1 aromatic rings. The minimum absolute atomic E-state index is 0.236. The van der Waals surface area contributed by atoms with Crippen molar-refractivity contribution in [3.8, 4) is 0 Å². The standard InChI is InChI=1S/C23H35N3O/c27-23(26-18-6-8-22(26)19-25-15-3-4-16-25)21-11-9-20(10-12-21)7-5-17-24-13-1-2-14-24/h9-12,22H,1-8,13-19H2. The van der Waals surface area contributed by atoms with E-state index in [0.29, 0.717) is 6.04 Å². The van der Waals surface area contributed by atoms with E-state index in [-0.39, 0.29) is 5.91 Å². The smallest absolute Gasteiger partial charge is 0.254 e. The fourth-order valence-electron chi connectivity index (χ4n) is 5.05. The first-order valence-corrected chi connectivity index (χ1v) is 11.1. The zero-order valence-electron chi connectivity index (χ0n) is 16.7. The van der Waals surface area contributed by atoms with Crippen LogP contribution in [-0.2, 0) is 6.42 Å². The second-order valence-electron chi connectivity index (χ2n) is 8.65. The highest BCUT2D eigenvalue weighted by atomic mass is 16.2. The second-order valence-corrected chi connectivity index (χ2v) is 8.65. The molecule has 0 aliphatic carbocycles. The Morgan fingerprint density at radius 2 is 1.52 bits per heavy atom. The molecule has 0 spiro atoms. The summed E-state index contributed by atoms with van der Waals surface area (Å²) in [5, 5.41) is 0. The van der Waals surface area contributed by atoms with Crippen LogP contribution in [0.25, 0.3) is 0 Å². The van der Waals surface area contributed by atoms with Crippen molar-refractivity contribution in [2.24, 2.45) is 0 Å². The van der Waals surface area contributed by atoms with Crippen LogP contribution in [0.5, 0.6) is 0 Å². The van der Waals surface area contributed by atoms with Crippen LogP contribution in [0.2, 0.25) is 0 Å². The van der Waals surface area contributed by atoms with Gasteiger partial charge in [0.1, 0.15) is 0 Å². The fourth-order valence-corrected chi connectivity index (χ4v) is 5.05. The molecule has 3 heterocycles. The summed E-state index contributed by atoms with van der Waals surface area (Å²) in [6.07, 6.45) is 10.0. The van der Waals surface area contributed by atoms with Gasteiger partial charge in [-0.2, -0.15) is 0 Å². The van der Waals surface area contributed by atoms with Crippen molar-refractivity contribution in [2.75, 3.05) is 45.8 Å². The van der Waals surface area contributed by atoms with E-state index in [4.69, 9.17) is 0 Å². The maximum atomic E-state index is 13.0. The van der Waals surface area contributed by atoms with Crippen LogP contribution >= 0.6 is 0 Å². The van der Waals surface area contributed by atoms with Gasteiger partial charge in [0.2, 0.25) is 0 Å². The fraction of sp³-hybridized carbons (Fsp3) is 0.696. The second kappa shape index (κ2) is 9.20. The molecule has 148 valence electrons. The highest BCUT2D eigenvalue weighted by molar-refractivity contribution is 5.94. The number of amides is 1. The number of rotatable bonds is 7. The minimum atomic E-state index is 0.236. The molecule has 3 saturated heterocycles. The van der Waals surface area contributed by atoms with Gasteiger partial charge in [-0.3, -0.25) is 4.79 Å². The van der Waals surface area contributed by atoms with E-state index in [2.05, 4.69) is 39.0 Å². The lowest BCUT2D eigenvalue weighted by molar-refractivity contribution is 0.0709. The van der Waals surface area contributed by atoms with E-state index < -0.39 is 0 Å². The lowest BCUT2D eigenvalue weighted by Gasteiger charge is -2.28. The molecule has 0 saturated carbocycles. The summed E-state index contributed by atoms with van der Waals surface area (Å²) in [5.41, 5.74) is 2.23. The van der Waals surface area contributed by atoms with E-state index >= 15 is 0 Å². The van der Waals surface area contributed by atoms with Crippen LogP contribution in [-0.4, -0.2) is 72.5 Å². The average molecular weight is 370 g/mol. The number of aryl methyl sites for hydroxylation is 1. The Hall–Kier alpha value is -1.39. The van der Waals surface area contributed by atoms with Crippen LogP contribution in [0.15, 0.2) is 24.3 Å². The zero-order chi connectivity index (χ0) is 18.5. The quantitative estimate of drug-likeness (QED) is 0.737. The van der Waals surface area contributed by atoms with Crippen molar-refractivity contribution in [3.63, 3.8) is 0 Å². The Morgan fingerprint density at radius 3 is 2.22 bits per heavy atom. The third-order valence-electron chi connectivity index (χ3n) is 6.64. The lowest BCUT2D eigenvalue weighted by atomic mass is 10.1. The summed E-state index contributed by atoms with van der Waals surface area (Å²) in [6, 6.07) is 8.86. The molecule has 1 unspecified atom stereocenters. The van der Waals surface area contributed by atoms with Gasteiger partial charge in [-0.05, 0) is 102 Å². The first-order valence-electron chi connectivity index (χ1n) is 11.1. The van der Waals surface area contributed by atoms with Crippen molar-refractivity contribution in [1.29, 1.82) is 0 Å². The average Bonchev–Trinajstić information content (AvgIpc) is 3.45. The topological polar surface area (TPSA) is 26.8 Å². The van der Waals surface area contributed by atoms with Crippen molar-refractivity contribution < 1.29 is 4.79 Å². The van der Waals surface area contributed by atoms with Gasteiger partial charge in [-0.15, -0.1) is 0 Å². The highest BCUT2D eigenvalue weighted by Gasteiger charge is 2.31. The molecule has 4 nitrogen and oxygen atoms in total. The summed E-state index contributed by atoms with van der Waals surface area (Å²) in [7, 11) is 0. The van der Waals surface area contributed by atoms with Crippen LogP contribution < -0.4 is 0 Å². The van der Waals surface area contributed by atoms with Crippen LogP contribution in [0.1, 0.15) is 60.9 Å². The molecule has 3 aliphatic heterocycles. The third-order valence-corrected chi connectivity index (χ3v) is 6.64.